The molecule has 4 rings (SSSR count). The van der Waals surface area contributed by atoms with Crippen LogP contribution in [0.5, 0.6) is 0 Å². The number of hydrogen-bond acceptors (Lipinski definition) is 4. The van der Waals surface area contributed by atoms with E-state index in [4.69, 9.17) is 4.74 Å². The van der Waals surface area contributed by atoms with E-state index in [9.17, 15) is 9.59 Å². The van der Waals surface area contributed by atoms with Gasteiger partial charge in [0.05, 0.1) is 6.20 Å². The van der Waals surface area contributed by atoms with Crippen molar-refractivity contribution in [3.63, 3.8) is 0 Å². The van der Waals surface area contributed by atoms with Crippen molar-refractivity contribution in [2.24, 2.45) is 0 Å². The Kier molecular flexibility index (Phi) is 4.43. The zero-order valence-electron chi connectivity index (χ0n) is 14.3. The van der Waals surface area contributed by atoms with Gasteiger partial charge in [0, 0.05) is 36.8 Å². The molecule has 1 aliphatic rings. The Morgan fingerprint density at radius 3 is 2.96 bits per heavy atom. The third kappa shape index (κ3) is 3.33. The maximum absolute atomic E-state index is 12.4. The molecule has 1 amide bonds. The topological polar surface area (TPSA) is 79.7 Å². The fraction of sp³-hybridized carbons (Fsp3) is 0.316. The summed E-state index contributed by atoms with van der Waals surface area (Å²) in [6.07, 6.45) is 3.07. The number of carbonyl (C=O) groups excluding carboxylic acids is 1. The number of fused-ring (bicyclic) bond motifs is 1. The number of aromatic amines is 1. The van der Waals surface area contributed by atoms with Crippen LogP contribution in [-0.2, 0) is 11.3 Å². The van der Waals surface area contributed by atoms with E-state index in [0.717, 1.165) is 24.1 Å². The van der Waals surface area contributed by atoms with E-state index < -0.39 is 0 Å². The summed E-state index contributed by atoms with van der Waals surface area (Å²) in [4.78, 5) is 29.5. The zero-order valence-corrected chi connectivity index (χ0v) is 14.3. The Balaban J connectivity index is 1.44. The third-order valence-electron chi connectivity index (χ3n) is 4.73. The van der Waals surface area contributed by atoms with Gasteiger partial charge in [-0.3, -0.25) is 4.79 Å². The van der Waals surface area contributed by atoms with Gasteiger partial charge in [-0.25, -0.2) is 4.79 Å². The molecule has 1 aromatic carbocycles. The van der Waals surface area contributed by atoms with Gasteiger partial charge in [-0.05, 0) is 18.4 Å². The van der Waals surface area contributed by atoms with Gasteiger partial charge in [-0.1, -0.05) is 30.3 Å². The number of likely N-dealkylation sites (tertiary alicyclic amines) is 1. The van der Waals surface area contributed by atoms with Crippen LogP contribution in [-0.4, -0.2) is 38.7 Å². The minimum absolute atomic E-state index is 0.0839. The number of H-pyrrole nitrogens is 1. The molecule has 0 radical (unpaired) electrons. The Labute approximate surface area is 150 Å². The van der Waals surface area contributed by atoms with Crippen molar-refractivity contribution < 1.29 is 9.53 Å². The normalized spacial score (nSPS) is 17.4. The largest absolute Gasteiger partial charge is 0.445 e. The maximum Gasteiger partial charge on any atom is 0.410 e. The minimum atomic E-state index is -0.314. The van der Waals surface area contributed by atoms with E-state index in [2.05, 4.69) is 10.1 Å². The molecule has 26 heavy (non-hydrogen) atoms. The van der Waals surface area contributed by atoms with Crippen LogP contribution in [0.1, 0.15) is 30.0 Å². The van der Waals surface area contributed by atoms with Crippen LogP contribution in [0.3, 0.4) is 0 Å². The summed E-state index contributed by atoms with van der Waals surface area (Å²) in [6, 6.07) is 13.0. The fourth-order valence-electron chi connectivity index (χ4n) is 3.38. The van der Waals surface area contributed by atoms with Gasteiger partial charge < -0.3 is 14.6 Å². The van der Waals surface area contributed by atoms with Crippen LogP contribution in [0.25, 0.3) is 5.65 Å². The Bertz CT molecular complexity index is 964. The number of rotatable bonds is 3. The van der Waals surface area contributed by atoms with Gasteiger partial charge in [0.2, 0.25) is 0 Å². The number of aromatic nitrogens is 3. The average molecular weight is 352 g/mol. The maximum atomic E-state index is 12.4. The molecular weight excluding hydrogens is 332 g/mol. The highest BCUT2D eigenvalue weighted by Crippen LogP contribution is 2.25. The number of piperidine rings is 1. The molecule has 7 nitrogen and oxygen atoms in total. The van der Waals surface area contributed by atoms with Crippen LogP contribution in [0.15, 0.2) is 53.5 Å². The van der Waals surface area contributed by atoms with Crippen LogP contribution < -0.4 is 5.56 Å². The van der Waals surface area contributed by atoms with Gasteiger partial charge in [-0.2, -0.15) is 9.61 Å². The molecule has 1 unspecified atom stereocenters. The third-order valence-corrected chi connectivity index (χ3v) is 4.73. The summed E-state index contributed by atoms with van der Waals surface area (Å²) in [5.41, 5.74) is 2.30. The Morgan fingerprint density at radius 2 is 2.12 bits per heavy atom. The van der Waals surface area contributed by atoms with Crippen molar-refractivity contribution in [2.45, 2.75) is 25.4 Å². The van der Waals surface area contributed by atoms with E-state index in [0.29, 0.717) is 18.7 Å². The van der Waals surface area contributed by atoms with E-state index >= 15 is 0 Å². The molecule has 1 atom stereocenters. The molecule has 0 bridgehead atoms. The molecule has 1 fully saturated rings. The summed E-state index contributed by atoms with van der Waals surface area (Å²) < 4.78 is 6.77. The first kappa shape index (κ1) is 16.4. The van der Waals surface area contributed by atoms with Crippen molar-refractivity contribution in [3.8, 4) is 0 Å². The van der Waals surface area contributed by atoms with Crippen molar-refractivity contribution in [1.82, 2.24) is 19.5 Å². The molecule has 1 N–H and O–H groups in total. The highest BCUT2D eigenvalue weighted by atomic mass is 16.6. The standard InChI is InChI=1S/C19H20N4O3/c24-18-11-16(21-17-8-9-20-23(17)18)15-7-4-10-22(12-15)19(25)26-13-14-5-2-1-3-6-14/h1-3,5-6,8-9,11,15,21H,4,7,10,12-13H2. The highest BCUT2D eigenvalue weighted by Gasteiger charge is 2.26. The van der Waals surface area contributed by atoms with Gasteiger partial charge in [0.15, 0.2) is 0 Å². The molecule has 1 saturated heterocycles. The van der Waals surface area contributed by atoms with Crippen LogP contribution in [0.4, 0.5) is 4.79 Å². The molecule has 0 saturated carbocycles. The lowest BCUT2D eigenvalue weighted by Gasteiger charge is -2.32. The van der Waals surface area contributed by atoms with E-state index in [1.807, 2.05) is 30.3 Å². The van der Waals surface area contributed by atoms with Gasteiger partial charge in [0.25, 0.3) is 5.56 Å². The summed E-state index contributed by atoms with van der Waals surface area (Å²) in [7, 11) is 0. The second-order valence-corrected chi connectivity index (χ2v) is 6.52. The van der Waals surface area contributed by atoms with Crippen molar-refractivity contribution in [3.05, 3.63) is 70.3 Å². The second kappa shape index (κ2) is 7.03. The smallest absolute Gasteiger partial charge is 0.410 e. The number of carbonyl (C=O) groups is 1. The first-order valence-electron chi connectivity index (χ1n) is 8.73. The molecular formula is C19H20N4O3. The molecule has 134 valence electrons. The van der Waals surface area contributed by atoms with E-state index in [-0.39, 0.29) is 24.2 Å². The zero-order chi connectivity index (χ0) is 17.9. The van der Waals surface area contributed by atoms with Crippen LogP contribution in [0, 0.1) is 0 Å². The number of benzene rings is 1. The lowest BCUT2D eigenvalue weighted by atomic mass is 9.95. The molecule has 0 spiro atoms. The van der Waals surface area contributed by atoms with Crippen LogP contribution in [0.2, 0.25) is 0 Å². The SMILES string of the molecule is O=C(OCc1ccccc1)N1CCCC(c2cc(=O)n3nccc3[nH]2)C1. The van der Waals surface area contributed by atoms with Crippen LogP contribution >= 0.6 is 0 Å². The molecule has 2 aromatic heterocycles. The molecule has 3 aromatic rings. The first-order chi connectivity index (χ1) is 12.7. The first-order valence-corrected chi connectivity index (χ1v) is 8.73. The lowest BCUT2D eigenvalue weighted by Crippen LogP contribution is -2.39. The summed E-state index contributed by atoms with van der Waals surface area (Å²) in [6.45, 7) is 1.47. The Morgan fingerprint density at radius 1 is 1.27 bits per heavy atom. The number of nitrogens with zero attached hydrogens (tertiary/aromatic N) is 3. The number of amides is 1. The number of nitrogens with one attached hydrogen (secondary N) is 1. The van der Waals surface area contributed by atoms with Crippen molar-refractivity contribution in [2.75, 3.05) is 13.1 Å². The molecule has 3 heterocycles. The van der Waals surface area contributed by atoms with Gasteiger partial charge >= 0.3 is 6.09 Å². The monoisotopic (exact) mass is 352 g/mol. The van der Waals surface area contributed by atoms with E-state index in [1.54, 1.807) is 23.2 Å². The lowest BCUT2D eigenvalue weighted by molar-refractivity contribution is 0.0856. The molecule has 0 aliphatic carbocycles. The van der Waals surface area contributed by atoms with E-state index in [1.165, 1.54) is 4.52 Å². The summed E-state index contributed by atoms with van der Waals surface area (Å²) in [5, 5.41) is 3.99. The predicted molar refractivity (Wildman–Crippen MR) is 96.0 cm³/mol. The average Bonchev–Trinajstić information content (AvgIpc) is 3.16. The number of hydrogen-bond donors (Lipinski definition) is 1. The van der Waals surface area contributed by atoms with Crippen molar-refractivity contribution in [1.29, 1.82) is 0 Å². The second-order valence-electron chi connectivity index (χ2n) is 6.52. The fourth-order valence-corrected chi connectivity index (χ4v) is 3.38. The highest BCUT2D eigenvalue weighted by molar-refractivity contribution is 5.67. The predicted octanol–water partition coefficient (Wildman–Crippen LogP) is 2.54. The van der Waals surface area contributed by atoms with Gasteiger partial charge in [0.1, 0.15) is 12.3 Å². The minimum Gasteiger partial charge on any atom is -0.445 e. The molecule has 7 heteroatoms. The quantitative estimate of drug-likeness (QED) is 0.786. The van der Waals surface area contributed by atoms with Gasteiger partial charge in [-0.15, -0.1) is 0 Å². The number of ether oxygens (including phenoxy) is 1. The van der Waals surface area contributed by atoms with Crippen molar-refractivity contribution >= 4 is 11.7 Å². The molecule has 1 aliphatic heterocycles. The Hall–Kier alpha value is -3.09. The summed E-state index contributed by atoms with van der Waals surface area (Å²) in [5.74, 6) is 0.0839. The summed E-state index contributed by atoms with van der Waals surface area (Å²) >= 11 is 0.